The first kappa shape index (κ1) is 24.1. The highest BCUT2D eigenvalue weighted by Crippen LogP contribution is 2.30. The van der Waals surface area contributed by atoms with E-state index in [4.69, 9.17) is 11.7 Å². The molecule has 0 saturated carbocycles. The topological polar surface area (TPSA) is 176 Å². The summed E-state index contributed by atoms with van der Waals surface area (Å²) in [6, 6.07) is 7.76. The van der Waals surface area contributed by atoms with E-state index in [9.17, 15) is 14.4 Å². The zero-order valence-electron chi connectivity index (χ0n) is 17.8. The van der Waals surface area contributed by atoms with Crippen molar-refractivity contribution in [2.24, 2.45) is 16.8 Å². The number of nitrogens with zero attached hydrogens (tertiary/aromatic N) is 1. The van der Waals surface area contributed by atoms with Gasteiger partial charge in [-0.05, 0) is 37.6 Å². The number of unbranched alkanes of at least 4 members (excludes halogenated alkanes) is 1. The number of guanidine groups is 1. The quantitative estimate of drug-likeness (QED) is 0.0761. The van der Waals surface area contributed by atoms with E-state index in [1.165, 1.54) is 0 Å². The first-order valence-electron chi connectivity index (χ1n) is 10.3. The molecule has 3 amide bonds. The number of hydrogen-bond donors (Lipinski definition) is 7. The van der Waals surface area contributed by atoms with Crippen LogP contribution in [0.3, 0.4) is 0 Å². The van der Waals surface area contributed by atoms with E-state index in [1.807, 2.05) is 31.3 Å². The van der Waals surface area contributed by atoms with Crippen molar-refractivity contribution in [1.29, 1.82) is 0 Å². The van der Waals surface area contributed by atoms with E-state index in [-0.39, 0.29) is 30.6 Å². The van der Waals surface area contributed by atoms with E-state index in [0.29, 0.717) is 19.4 Å². The lowest BCUT2D eigenvalue weighted by atomic mass is 9.93. The molecule has 0 atom stereocenters. The minimum Gasteiger partial charge on any atom is -0.354 e. The van der Waals surface area contributed by atoms with Crippen LogP contribution in [-0.2, 0) is 27.2 Å². The summed E-state index contributed by atoms with van der Waals surface area (Å²) in [5.41, 5.74) is 3.12. The van der Waals surface area contributed by atoms with Crippen molar-refractivity contribution in [2.45, 2.75) is 44.1 Å². The van der Waals surface area contributed by atoms with Crippen molar-refractivity contribution in [2.75, 3.05) is 20.1 Å². The standard InChI is InChI=1S/C20H32N8O3/c1-23-10-4-5-11-24-18(31)20(12-14-6-2-3-7-15(14)13-20)26-17(30)9-8-16(29)25-19(27-21)28-22/h2-3,6-7,23H,4-5,8-13,21-22H2,1H3,(H,24,31)(H,26,30)(H2,25,27,28,29). The molecular formula is C20H32N8O3. The third-order valence-corrected chi connectivity index (χ3v) is 5.16. The largest absolute Gasteiger partial charge is 0.354 e. The molecule has 1 aliphatic rings. The lowest BCUT2D eigenvalue weighted by molar-refractivity contribution is -0.134. The van der Waals surface area contributed by atoms with Crippen molar-refractivity contribution in [1.82, 2.24) is 26.7 Å². The molecule has 11 nitrogen and oxygen atoms in total. The molecule has 1 aliphatic carbocycles. The molecule has 0 heterocycles. The average Bonchev–Trinajstić information content (AvgIpc) is 3.15. The molecule has 2 rings (SSSR count). The Morgan fingerprint density at radius 1 is 1.03 bits per heavy atom. The smallest absolute Gasteiger partial charge is 0.246 e. The van der Waals surface area contributed by atoms with Gasteiger partial charge in [-0.2, -0.15) is 0 Å². The number of benzene rings is 1. The Bertz CT molecular complexity index is 786. The minimum absolute atomic E-state index is 0.0954. The van der Waals surface area contributed by atoms with E-state index < -0.39 is 11.4 Å². The maximum absolute atomic E-state index is 13.1. The normalized spacial score (nSPS) is 14.5. The van der Waals surface area contributed by atoms with Gasteiger partial charge in [-0.25, -0.2) is 5.84 Å². The number of hydrogen-bond acceptors (Lipinski definition) is 7. The summed E-state index contributed by atoms with van der Waals surface area (Å²) in [4.78, 5) is 37.6. The molecule has 0 bridgehead atoms. The molecule has 31 heavy (non-hydrogen) atoms. The number of nitrogens with one attached hydrogen (secondary N) is 5. The molecule has 11 heteroatoms. The summed E-state index contributed by atoms with van der Waals surface area (Å²) in [5.74, 6) is 9.03. The monoisotopic (exact) mass is 432 g/mol. The molecule has 9 N–H and O–H groups in total. The van der Waals surface area contributed by atoms with Crippen molar-refractivity contribution < 1.29 is 14.4 Å². The zero-order chi connectivity index (χ0) is 22.7. The Morgan fingerprint density at radius 2 is 1.65 bits per heavy atom. The van der Waals surface area contributed by atoms with Gasteiger partial charge >= 0.3 is 0 Å². The van der Waals surface area contributed by atoms with Gasteiger partial charge in [0, 0.05) is 32.2 Å². The van der Waals surface area contributed by atoms with Gasteiger partial charge in [0.15, 0.2) is 0 Å². The summed E-state index contributed by atoms with van der Waals surface area (Å²) in [6.07, 6.45) is 2.39. The Morgan fingerprint density at radius 3 is 2.23 bits per heavy atom. The second-order valence-corrected chi connectivity index (χ2v) is 7.49. The highest BCUT2D eigenvalue weighted by molar-refractivity contribution is 5.98. The third kappa shape index (κ3) is 6.93. The van der Waals surface area contributed by atoms with Crippen LogP contribution in [0.1, 0.15) is 36.8 Å². The average molecular weight is 433 g/mol. The molecule has 1 aromatic carbocycles. The fraction of sp³-hybridized carbons (Fsp3) is 0.500. The highest BCUT2D eigenvalue weighted by atomic mass is 16.2. The van der Waals surface area contributed by atoms with Crippen LogP contribution in [0.5, 0.6) is 0 Å². The van der Waals surface area contributed by atoms with Gasteiger partial charge in [-0.15, -0.1) is 5.10 Å². The van der Waals surface area contributed by atoms with Gasteiger partial charge in [0.05, 0.1) is 0 Å². The molecule has 0 radical (unpaired) electrons. The molecule has 0 aromatic heterocycles. The zero-order valence-corrected chi connectivity index (χ0v) is 17.8. The van der Waals surface area contributed by atoms with Gasteiger partial charge in [-0.1, -0.05) is 24.3 Å². The summed E-state index contributed by atoms with van der Waals surface area (Å²) >= 11 is 0. The number of hydrazine groups is 1. The highest BCUT2D eigenvalue weighted by Gasteiger charge is 2.44. The first-order valence-corrected chi connectivity index (χ1v) is 10.3. The van der Waals surface area contributed by atoms with Crippen LogP contribution in [0.15, 0.2) is 29.4 Å². The Kier molecular flexibility index (Phi) is 9.22. The van der Waals surface area contributed by atoms with Crippen LogP contribution in [0.2, 0.25) is 0 Å². The molecule has 0 fully saturated rings. The molecular weight excluding hydrogens is 400 g/mol. The van der Waals surface area contributed by atoms with Crippen LogP contribution < -0.4 is 38.4 Å². The van der Waals surface area contributed by atoms with Gasteiger partial charge in [0.1, 0.15) is 5.54 Å². The van der Waals surface area contributed by atoms with E-state index in [0.717, 1.165) is 30.5 Å². The fourth-order valence-electron chi connectivity index (χ4n) is 3.58. The number of amides is 3. The second kappa shape index (κ2) is 11.9. The number of rotatable bonds is 10. The first-order chi connectivity index (χ1) is 14.9. The van der Waals surface area contributed by atoms with Gasteiger partial charge in [0.25, 0.3) is 0 Å². The van der Waals surface area contributed by atoms with E-state index in [2.05, 4.69) is 31.8 Å². The maximum Gasteiger partial charge on any atom is 0.246 e. The van der Waals surface area contributed by atoms with Crippen molar-refractivity contribution >= 4 is 23.7 Å². The Labute approximate surface area is 181 Å². The summed E-state index contributed by atoms with van der Waals surface area (Å²) in [5, 5.41) is 14.5. The van der Waals surface area contributed by atoms with Crippen LogP contribution in [0.25, 0.3) is 0 Å². The number of nitrogens with two attached hydrogens (primary N) is 2. The molecule has 170 valence electrons. The summed E-state index contributed by atoms with van der Waals surface area (Å²) in [6.45, 7) is 1.41. The lowest BCUT2D eigenvalue weighted by Crippen LogP contribution is -2.60. The summed E-state index contributed by atoms with van der Waals surface area (Å²) in [7, 11) is 1.88. The number of carbonyl (C=O) groups excluding carboxylic acids is 3. The molecule has 0 unspecified atom stereocenters. The van der Waals surface area contributed by atoms with E-state index in [1.54, 1.807) is 0 Å². The SMILES string of the molecule is CNCCCCNC(=O)C1(NC(=O)CCC(=O)NC(=NN)NN)Cc2ccccc2C1. The second-order valence-electron chi connectivity index (χ2n) is 7.49. The van der Waals surface area contributed by atoms with Crippen LogP contribution in [0, 0.1) is 0 Å². The molecule has 0 aliphatic heterocycles. The van der Waals surface area contributed by atoms with Crippen molar-refractivity contribution in [3.63, 3.8) is 0 Å². The number of fused-ring (bicyclic) bond motifs is 1. The minimum atomic E-state index is -1.07. The summed E-state index contributed by atoms with van der Waals surface area (Å²) < 4.78 is 0. The molecule has 0 saturated heterocycles. The Balaban J connectivity index is 1.99. The number of hydrazone groups is 1. The van der Waals surface area contributed by atoms with Crippen molar-refractivity contribution in [3.05, 3.63) is 35.4 Å². The van der Waals surface area contributed by atoms with Crippen LogP contribution in [0.4, 0.5) is 0 Å². The predicted molar refractivity (Wildman–Crippen MR) is 117 cm³/mol. The van der Waals surface area contributed by atoms with Crippen LogP contribution in [-0.4, -0.2) is 49.4 Å². The molecule has 0 spiro atoms. The van der Waals surface area contributed by atoms with Crippen LogP contribution >= 0.6 is 0 Å². The van der Waals surface area contributed by atoms with E-state index >= 15 is 0 Å². The maximum atomic E-state index is 13.1. The fourth-order valence-corrected chi connectivity index (χ4v) is 3.58. The van der Waals surface area contributed by atoms with Gasteiger partial charge in [0.2, 0.25) is 23.7 Å². The predicted octanol–water partition coefficient (Wildman–Crippen LogP) is -1.65. The van der Waals surface area contributed by atoms with Crippen molar-refractivity contribution in [3.8, 4) is 0 Å². The number of carbonyl (C=O) groups is 3. The van der Waals surface area contributed by atoms with Gasteiger partial charge in [-0.3, -0.25) is 25.1 Å². The molecule has 1 aromatic rings. The van der Waals surface area contributed by atoms with Gasteiger partial charge < -0.3 is 21.8 Å². The Hall–Kier alpha value is -3.18. The third-order valence-electron chi connectivity index (χ3n) is 5.16. The lowest BCUT2D eigenvalue weighted by Gasteiger charge is -2.29.